The van der Waals surface area contributed by atoms with Gasteiger partial charge in [-0.3, -0.25) is 0 Å². The summed E-state index contributed by atoms with van der Waals surface area (Å²) in [6, 6.07) is 4.32. The van der Waals surface area contributed by atoms with Gasteiger partial charge in [-0.2, -0.15) is 0 Å². The van der Waals surface area contributed by atoms with Gasteiger partial charge in [0.2, 0.25) is 10.0 Å². The highest BCUT2D eigenvalue weighted by molar-refractivity contribution is 7.89. The number of carboxylic acid groups (broad SMARTS) is 1. The summed E-state index contributed by atoms with van der Waals surface area (Å²) in [5, 5.41) is 17.6. The van der Waals surface area contributed by atoms with Crippen LogP contribution in [-0.4, -0.2) is 43.4 Å². The molecule has 0 saturated carbocycles. The lowest BCUT2D eigenvalue weighted by Crippen LogP contribution is -2.36. The molecule has 8 heteroatoms. The minimum atomic E-state index is -3.89. The standard InChI is InChI=1S/C13H19NO6S/c1-8(2)20-12-5-4-10(6-9(12)3)21(18,19)14-7-11(15)13(16)17/h4-6,8,11,14-15H,7H2,1-3H3,(H,16,17)/t11-/m0/s1. The van der Waals surface area contributed by atoms with Crippen molar-refractivity contribution < 1.29 is 28.2 Å². The van der Waals surface area contributed by atoms with Gasteiger partial charge in [0.25, 0.3) is 0 Å². The van der Waals surface area contributed by atoms with Gasteiger partial charge in [-0.15, -0.1) is 0 Å². The summed E-state index contributed by atoms with van der Waals surface area (Å²) < 4.78 is 31.5. The van der Waals surface area contributed by atoms with Crippen molar-refractivity contribution in [1.82, 2.24) is 4.72 Å². The third kappa shape index (κ3) is 5.00. The Kier molecular flexibility index (Phi) is 5.70. The summed E-state index contributed by atoms with van der Waals surface area (Å²) >= 11 is 0. The van der Waals surface area contributed by atoms with Gasteiger partial charge < -0.3 is 14.9 Å². The predicted octanol–water partition coefficient (Wildman–Crippen LogP) is 0.506. The molecular weight excluding hydrogens is 298 g/mol. The Hall–Kier alpha value is -1.64. The molecular formula is C13H19NO6S. The van der Waals surface area contributed by atoms with Gasteiger partial charge in [-0.25, -0.2) is 17.9 Å². The average molecular weight is 317 g/mol. The number of carbonyl (C=O) groups is 1. The molecule has 1 aromatic carbocycles. The zero-order valence-electron chi connectivity index (χ0n) is 12.0. The lowest BCUT2D eigenvalue weighted by Gasteiger charge is -2.14. The highest BCUT2D eigenvalue weighted by atomic mass is 32.2. The molecule has 1 aromatic rings. The maximum absolute atomic E-state index is 12.0. The average Bonchev–Trinajstić information content (AvgIpc) is 2.37. The van der Waals surface area contributed by atoms with E-state index in [0.717, 1.165) is 0 Å². The Labute approximate surface area is 123 Å². The van der Waals surface area contributed by atoms with Gasteiger partial charge >= 0.3 is 5.97 Å². The number of benzene rings is 1. The van der Waals surface area contributed by atoms with E-state index in [9.17, 15) is 13.2 Å². The molecule has 118 valence electrons. The van der Waals surface area contributed by atoms with E-state index in [1.807, 2.05) is 18.6 Å². The Morgan fingerprint density at radius 1 is 1.38 bits per heavy atom. The number of aliphatic carboxylic acids is 1. The summed E-state index contributed by atoms with van der Waals surface area (Å²) in [7, 11) is -3.89. The molecule has 0 aliphatic carbocycles. The van der Waals surface area contributed by atoms with Crippen LogP contribution in [0, 0.1) is 6.92 Å². The number of aliphatic hydroxyl groups is 1. The first-order valence-corrected chi connectivity index (χ1v) is 7.79. The molecule has 1 rings (SSSR count). The summed E-state index contributed by atoms with van der Waals surface area (Å²) in [5.74, 6) is -0.913. The topological polar surface area (TPSA) is 113 Å². The van der Waals surface area contributed by atoms with Gasteiger partial charge in [0, 0.05) is 6.54 Å². The summed E-state index contributed by atoms with van der Waals surface area (Å²) in [4.78, 5) is 10.4. The predicted molar refractivity (Wildman–Crippen MR) is 75.8 cm³/mol. The van der Waals surface area contributed by atoms with Crippen LogP contribution >= 0.6 is 0 Å². The number of carboxylic acids is 1. The summed E-state index contributed by atoms with van der Waals surface area (Å²) in [6.07, 6.45) is -1.82. The number of nitrogens with one attached hydrogen (secondary N) is 1. The molecule has 1 atom stereocenters. The number of ether oxygens (including phenoxy) is 1. The van der Waals surface area contributed by atoms with E-state index in [2.05, 4.69) is 0 Å². The quantitative estimate of drug-likeness (QED) is 0.675. The molecule has 0 bridgehead atoms. The number of hydrogen-bond donors (Lipinski definition) is 3. The van der Waals surface area contributed by atoms with Crippen LogP contribution in [0.15, 0.2) is 23.1 Å². The Morgan fingerprint density at radius 2 is 2.00 bits per heavy atom. The van der Waals surface area contributed by atoms with E-state index in [4.69, 9.17) is 14.9 Å². The maximum Gasteiger partial charge on any atom is 0.333 e. The molecule has 0 aromatic heterocycles. The SMILES string of the molecule is Cc1cc(S(=O)(=O)NC[C@H](O)C(=O)O)ccc1OC(C)C. The first-order valence-electron chi connectivity index (χ1n) is 6.31. The molecule has 0 amide bonds. The molecule has 3 N–H and O–H groups in total. The van der Waals surface area contributed by atoms with E-state index in [1.165, 1.54) is 18.2 Å². The lowest BCUT2D eigenvalue weighted by molar-refractivity contribution is -0.146. The highest BCUT2D eigenvalue weighted by Gasteiger charge is 2.20. The van der Waals surface area contributed by atoms with Crippen molar-refractivity contribution in [3.05, 3.63) is 23.8 Å². The fraction of sp³-hybridized carbons (Fsp3) is 0.462. The van der Waals surface area contributed by atoms with E-state index in [-0.39, 0.29) is 11.0 Å². The zero-order valence-corrected chi connectivity index (χ0v) is 12.8. The Morgan fingerprint density at radius 3 is 2.48 bits per heavy atom. The monoisotopic (exact) mass is 317 g/mol. The van der Waals surface area contributed by atoms with E-state index in [1.54, 1.807) is 6.92 Å². The fourth-order valence-corrected chi connectivity index (χ4v) is 2.66. The van der Waals surface area contributed by atoms with E-state index in [0.29, 0.717) is 11.3 Å². The fourth-order valence-electron chi connectivity index (χ4n) is 1.53. The van der Waals surface area contributed by atoms with Crippen molar-refractivity contribution in [2.24, 2.45) is 0 Å². The summed E-state index contributed by atoms with van der Waals surface area (Å²) in [5.41, 5.74) is 0.644. The molecule has 0 spiro atoms. The second-order valence-corrected chi connectivity index (χ2v) is 6.57. The molecule has 0 heterocycles. The van der Waals surface area contributed by atoms with Crippen LogP contribution in [0.2, 0.25) is 0 Å². The highest BCUT2D eigenvalue weighted by Crippen LogP contribution is 2.22. The van der Waals surface area contributed by atoms with Gasteiger partial charge in [-0.05, 0) is 44.5 Å². The van der Waals surface area contributed by atoms with Crippen molar-refractivity contribution >= 4 is 16.0 Å². The van der Waals surface area contributed by atoms with Crippen LogP contribution in [0.4, 0.5) is 0 Å². The van der Waals surface area contributed by atoms with Crippen LogP contribution in [0.5, 0.6) is 5.75 Å². The van der Waals surface area contributed by atoms with Crippen molar-refractivity contribution in [3.8, 4) is 5.75 Å². The number of aliphatic hydroxyl groups excluding tert-OH is 1. The van der Waals surface area contributed by atoms with Crippen molar-refractivity contribution in [2.45, 2.75) is 37.9 Å². The lowest BCUT2D eigenvalue weighted by atomic mass is 10.2. The number of hydrogen-bond acceptors (Lipinski definition) is 5. The molecule has 0 radical (unpaired) electrons. The molecule has 0 unspecified atom stereocenters. The Balaban J connectivity index is 2.89. The van der Waals surface area contributed by atoms with Crippen LogP contribution in [0.1, 0.15) is 19.4 Å². The third-order valence-corrected chi connectivity index (χ3v) is 3.99. The van der Waals surface area contributed by atoms with Crippen LogP contribution < -0.4 is 9.46 Å². The van der Waals surface area contributed by atoms with Gasteiger partial charge in [0.15, 0.2) is 6.10 Å². The summed E-state index contributed by atoms with van der Waals surface area (Å²) in [6.45, 7) is 4.83. The Bertz CT molecular complexity index is 611. The van der Waals surface area contributed by atoms with Crippen molar-refractivity contribution in [1.29, 1.82) is 0 Å². The van der Waals surface area contributed by atoms with Gasteiger partial charge in [-0.1, -0.05) is 0 Å². The largest absolute Gasteiger partial charge is 0.491 e. The minimum Gasteiger partial charge on any atom is -0.491 e. The molecule has 0 fully saturated rings. The molecule has 0 saturated heterocycles. The van der Waals surface area contributed by atoms with Crippen molar-refractivity contribution in [3.63, 3.8) is 0 Å². The normalized spacial score (nSPS) is 13.2. The molecule has 7 nitrogen and oxygen atoms in total. The third-order valence-electron chi connectivity index (χ3n) is 2.57. The number of aryl methyl sites for hydroxylation is 1. The van der Waals surface area contributed by atoms with Crippen molar-refractivity contribution in [2.75, 3.05) is 6.54 Å². The van der Waals surface area contributed by atoms with Crippen LogP contribution in [0.25, 0.3) is 0 Å². The number of rotatable bonds is 7. The molecule has 0 aliphatic heterocycles. The second-order valence-electron chi connectivity index (χ2n) is 4.80. The van der Waals surface area contributed by atoms with Crippen LogP contribution in [-0.2, 0) is 14.8 Å². The molecule has 21 heavy (non-hydrogen) atoms. The van der Waals surface area contributed by atoms with E-state index < -0.39 is 28.6 Å². The minimum absolute atomic E-state index is 0.0197. The first kappa shape index (κ1) is 17.4. The smallest absolute Gasteiger partial charge is 0.333 e. The van der Waals surface area contributed by atoms with E-state index >= 15 is 0 Å². The van der Waals surface area contributed by atoms with Crippen LogP contribution in [0.3, 0.4) is 0 Å². The first-order chi connectivity index (χ1) is 9.63. The number of sulfonamides is 1. The second kappa shape index (κ2) is 6.88. The zero-order chi connectivity index (χ0) is 16.2. The molecule has 0 aliphatic rings. The maximum atomic E-state index is 12.0. The van der Waals surface area contributed by atoms with Gasteiger partial charge in [0.05, 0.1) is 11.0 Å². The van der Waals surface area contributed by atoms with Gasteiger partial charge in [0.1, 0.15) is 5.75 Å².